The van der Waals surface area contributed by atoms with E-state index in [1.165, 1.54) is 0 Å². The Balaban J connectivity index is 3.07. The summed E-state index contributed by atoms with van der Waals surface area (Å²) in [6.07, 6.45) is 2.85. The van der Waals surface area contributed by atoms with Crippen LogP contribution in [0.15, 0.2) is 10.7 Å². The summed E-state index contributed by atoms with van der Waals surface area (Å²) in [5, 5.41) is 3.13. The van der Waals surface area contributed by atoms with Gasteiger partial charge in [-0.1, -0.05) is 6.92 Å². The van der Waals surface area contributed by atoms with E-state index in [0.717, 1.165) is 23.3 Å². The summed E-state index contributed by atoms with van der Waals surface area (Å²) in [5.74, 6) is 1.59. The molecule has 96 valence electrons. The molecule has 0 saturated heterocycles. The largest absolute Gasteiger partial charge is 0.354 e. The van der Waals surface area contributed by atoms with Gasteiger partial charge in [-0.3, -0.25) is 0 Å². The highest BCUT2D eigenvalue weighted by atomic mass is 79.9. The van der Waals surface area contributed by atoms with E-state index >= 15 is 0 Å². The minimum Gasteiger partial charge on any atom is -0.354 e. The lowest BCUT2D eigenvalue weighted by atomic mass is 10.0. The van der Waals surface area contributed by atoms with E-state index in [2.05, 4.69) is 63.9 Å². The van der Waals surface area contributed by atoms with E-state index in [9.17, 15) is 0 Å². The van der Waals surface area contributed by atoms with Crippen molar-refractivity contribution in [3.63, 3.8) is 0 Å². The molecule has 0 aromatic carbocycles. The van der Waals surface area contributed by atoms with Gasteiger partial charge in [0.15, 0.2) is 0 Å². The Labute approximate surface area is 112 Å². The number of aromatic nitrogens is 2. The van der Waals surface area contributed by atoms with Crippen LogP contribution in [0.4, 0.5) is 11.8 Å². The third-order valence-corrected chi connectivity index (χ3v) is 3.71. The molecule has 0 radical (unpaired) electrons. The van der Waals surface area contributed by atoms with E-state index in [0.29, 0.717) is 5.95 Å². The molecule has 0 aliphatic carbocycles. The normalized spacial score (nSPS) is 11.4. The summed E-state index contributed by atoms with van der Waals surface area (Å²) < 4.78 is 0.920. The first-order valence-electron chi connectivity index (χ1n) is 5.92. The molecule has 4 nitrogen and oxygen atoms in total. The molecule has 0 atom stereocenters. The second kappa shape index (κ2) is 5.67. The fraction of sp³-hybridized carbons (Fsp3) is 0.667. The lowest BCUT2D eigenvalue weighted by Gasteiger charge is -2.36. The standard InChI is InChI=1S/C12H21BrN4/c1-6-12(3,4)17(5)10-9(13)8-15-11(16-10)14-7-2/h8H,6-7H2,1-5H3,(H,14,15,16). The van der Waals surface area contributed by atoms with Crippen LogP contribution < -0.4 is 10.2 Å². The Kier molecular flexibility index (Phi) is 4.74. The molecular weight excluding hydrogens is 280 g/mol. The molecule has 1 heterocycles. The Hall–Kier alpha value is -0.840. The van der Waals surface area contributed by atoms with Gasteiger partial charge in [0, 0.05) is 25.3 Å². The van der Waals surface area contributed by atoms with Gasteiger partial charge in [-0.2, -0.15) is 4.98 Å². The molecule has 0 bridgehead atoms. The second-order valence-corrected chi connectivity index (χ2v) is 5.47. The van der Waals surface area contributed by atoms with Crippen molar-refractivity contribution in [1.29, 1.82) is 0 Å². The molecule has 1 N–H and O–H groups in total. The van der Waals surface area contributed by atoms with Gasteiger partial charge in [-0.15, -0.1) is 0 Å². The first-order chi connectivity index (χ1) is 7.92. The molecule has 1 aromatic heterocycles. The zero-order chi connectivity index (χ0) is 13.1. The Morgan fingerprint density at radius 2 is 2.06 bits per heavy atom. The topological polar surface area (TPSA) is 41.1 Å². The molecule has 5 heteroatoms. The molecule has 17 heavy (non-hydrogen) atoms. The van der Waals surface area contributed by atoms with Gasteiger partial charge in [0.05, 0.1) is 4.47 Å². The van der Waals surface area contributed by atoms with Gasteiger partial charge < -0.3 is 10.2 Å². The van der Waals surface area contributed by atoms with Crippen molar-refractivity contribution in [2.24, 2.45) is 0 Å². The fourth-order valence-corrected chi connectivity index (χ4v) is 1.82. The van der Waals surface area contributed by atoms with Crippen LogP contribution >= 0.6 is 15.9 Å². The first-order valence-corrected chi connectivity index (χ1v) is 6.72. The van der Waals surface area contributed by atoms with Crippen molar-refractivity contribution in [1.82, 2.24) is 9.97 Å². The summed E-state index contributed by atoms with van der Waals surface area (Å²) in [5.41, 5.74) is 0.0698. The lowest BCUT2D eigenvalue weighted by Crippen LogP contribution is -2.41. The number of rotatable bonds is 5. The van der Waals surface area contributed by atoms with Gasteiger partial charge >= 0.3 is 0 Å². The molecule has 0 spiro atoms. The average Bonchev–Trinajstić information content (AvgIpc) is 2.31. The highest BCUT2D eigenvalue weighted by molar-refractivity contribution is 9.10. The number of nitrogens with zero attached hydrogens (tertiary/aromatic N) is 3. The number of hydrogen-bond donors (Lipinski definition) is 1. The molecule has 0 aliphatic rings. The van der Waals surface area contributed by atoms with E-state index in [1.807, 2.05) is 6.92 Å². The Bertz CT molecular complexity index is 379. The summed E-state index contributed by atoms with van der Waals surface area (Å²) >= 11 is 3.51. The highest BCUT2D eigenvalue weighted by Crippen LogP contribution is 2.29. The van der Waals surface area contributed by atoms with Crippen LogP contribution in [0, 0.1) is 0 Å². The van der Waals surface area contributed by atoms with Gasteiger partial charge in [0.25, 0.3) is 0 Å². The predicted molar refractivity (Wildman–Crippen MR) is 76.7 cm³/mol. The van der Waals surface area contributed by atoms with Crippen molar-refractivity contribution in [2.75, 3.05) is 23.8 Å². The van der Waals surface area contributed by atoms with Crippen LogP contribution in [0.1, 0.15) is 34.1 Å². The number of nitrogens with one attached hydrogen (secondary N) is 1. The fourth-order valence-electron chi connectivity index (χ4n) is 1.36. The maximum Gasteiger partial charge on any atom is 0.224 e. The van der Waals surface area contributed by atoms with Gasteiger partial charge in [-0.05, 0) is 43.1 Å². The van der Waals surface area contributed by atoms with Crippen molar-refractivity contribution < 1.29 is 0 Å². The van der Waals surface area contributed by atoms with E-state index in [-0.39, 0.29) is 5.54 Å². The van der Waals surface area contributed by atoms with Gasteiger partial charge in [-0.25, -0.2) is 4.98 Å². The minimum atomic E-state index is 0.0698. The monoisotopic (exact) mass is 300 g/mol. The van der Waals surface area contributed by atoms with Crippen LogP contribution in [0.5, 0.6) is 0 Å². The lowest BCUT2D eigenvalue weighted by molar-refractivity contribution is 0.466. The smallest absolute Gasteiger partial charge is 0.224 e. The van der Waals surface area contributed by atoms with Crippen LogP contribution in [-0.4, -0.2) is 29.1 Å². The molecule has 0 aliphatic heterocycles. The van der Waals surface area contributed by atoms with Crippen molar-refractivity contribution in [3.05, 3.63) is 10.7 Å². The van der Waals surface area contributed by atoms with Crippen molar-refractivity contribution in [2.45, 2.75) is 39.7 Å². The molecule has 0 saturated carbocycles. The minimum absolute atomic E-state index is 0.0698. The third kappa shape index (κ3) is 3.31. The van der Waals surface area contributed by atoms with E-state index in [1.54, 1.807) is 6.20 Å². The highest BCUT2D eigenvalue weighted by Gasteiger charge is 2.24. The summed E-state index contributed by atoms with van der Waals surface area (Å²) in [7, 11) is 2.06. The van der Waals surface area contributed by atoms with Gasteiger partial charge in [0.1, 0.15) is 5.82 Å². The predicted octanol–water partition coefficient (Wildman–Crippen LogP) is 3.30. The van der Waals surface area contributed by atoms with Crippen LogP contribution in [0.3, 0.4) is 0 Å². The Morgan fingerprint density at radius 1 is 1.41 bits per heavy atom. The average molecular weight is 301 g/mol. The SMILES string of the molecule is CCNc1ncc(Br)c(N(C)C(C)(C)CC)n1. The molecule has 1 aromatic rings. The first kappa shape index (κ1) is 14.2. The maximum absolute atomic E-state index is 4.53. The maximum atomic E-state index is 4.53. The van der Waals surface area contributed by atoms with Gasteiger partial charge in [0.2, 0.25) is 5.95 Å². The van der Waals surface area contributed by atoms with Crippen molar-refractivity contribution in [3.8, 4) is 0 Å². The van der Waals surface area contributed by atoms with E-state index < -0.39 is 0 Å². The molecule has 1 rings (SSSR count). The quantitative estimate of drug-likeness (QED) is 0.906. The zero-order valence-corrected chi connectivity index (χ0v) is 12.8. The second-order valence-electron chi connectivity index (χ2n) is 4.62. The zero-order valence-electron chi connectivity index (χ0n) is 11.2. The Morgan fingerprint density at radius 3 is 2.59 bits per heavy atom. The summed E-state index contributed by atoms with van der Waals surface area (Å²) in [6.45, 7) is 9.44. The summed E-state index contributed by atoms with van der Waals surface area (Å²) in [6, 6.07) is 0. The summed E-state index contributed by atoms with van der Waals surface area (Å²) in [4.78, 5) is 10.9. The molecule has 0 fully saturated rings. The van der Waals surface area contributed by atoms with E-state index in [4.69, 9.17) is 0 Å². The molecular formula is C12H21BrN4. The number of halogens is 1. The van der Waals surface area contributed by atoms with Crippen LogP contribution in [0.25, 0.3) is 0 Å². The molecule has 0 unspecified atom stereocenters. The third-order valence-electron chi connectivity index (χ3n) is 3.15. The van der Waals surface area contributed by atoms with Crippen LogP contribution in [-0.2, 0) is 0 Å². The van der Waals surface area contributed by atoms with Crippen LogP contribution in [0.2, 0.25) is 0 Å². The number of hydrogen-bond acceptors (Lipinski definition) is 4. The molecule has 0 amide bonds. The van der Waals surface area contributed by atoms with Crippen molar-refractivity contribution >= 4 is 27.7 Å². The number of anilines is 2.